The number of hydrogen-bond acceptors (Lipinski definition) is 5. The number of nitrogens with one attached hydrogen (secondary N) is 1. The van der Waals surface area contributed by atoms with Crippen LogP contribution in [-0.2, 0) is 38.6 Å². The van der Waals surface area contributed by atoms with Gasteiger partial charge in [-0.2, -0.15) is 5.10 Å². The molecule has 0 spiro atoms. The lowest BCUT2D eigenvalue weighted by molar-refractivity contribution is 0.575. The molecule has 5 rings (SSSR count). The maximum absolute atomic E-state index is 14.3. The molecule has 1 aromatic carbocycles. The quantitative estimate of drug-likeness (QED) is 0.654. The highest BCUT2D eigenvalue weighted by Crippen LogP contribution is 2.41. The largest absolute Gasteiger partial charge is 0.386 e. The van der Waals surface area contributed by atoms with Crippen LogP contribution < -0.4 is 16.2 Å². The third kappa shape index (κ3) is 4.03. The number of aryl methyl sites for hydroxylation is 1. The van der Waals surface area contributed by atoms with Gasteiger partial charge in [-0.15, -0.1) is 0 Å². The number of hydrogen-bond donors (Lipinski definition) is 3. The van der Waals surface area contributed by atoms with Crippen LogP contribution >= 0.6 is 11.9 Å². The molecule has 3 aliphatic rings. The van der Waals surface area contributed by atoms with Crippen LogP contribution in [0.25, 0.3) is 0 Å². The monoisotopic (exact) mass is 415 g/mol. The van der Waals surface area contributed by atoms with E-state index in [4.69, 9.17) is 10.9 Å². The number of benzene rings is 1. The first kappa shape index (κ1) is 20.3. The van der Waals surface area contributed by atoms with Gasteiger partial charge >= 0.3 is 0 Å². The molecule has 0 radical (unpaired) electrons. The number of nitrogens with zero attached hydrogens (tertiary/aromatic N) is 2. The highest BCUT2D eigenvalue weighted by Gasteiger charge is 2.28. The Morgan fingerprint density at radius 3 is 2.28 bits per heavy atom. The molecule has 0 amide bonds. The zero-order valence-electron chi connectivity index (χ0n) is 16.9. The fraction of sp³-hybridized carbons (Fsp3) is 0.500. The van der Waals surface area contributed by atoms with E-state index in [1.807, 2.05) is 6.20 Å². The molecule has 0 atom stereocenters. The first-order chi connectivity index (χ1) is 14.1. The molecule has 1 aliphatic heterocycles. The number of fused-ring (bicyclic) bond motifs is 3. The van der Waals surface area contributed by atoms with E-state index in [1.54, 1.807) is 0 Å². The Kier molecular flexibility index (Phi) is 6.15. The average molecular weight is 416 g/mol. The molecule has 0 unspecified atom stereocenters. The van der Waals surface area contributed by atoms with Crippen molar-refractivity contribution < 1.29 is 4.39 Å². The standard InChI is InChI=1S/C14H17FN2.C8H13N3S/c1-8(16)17-14-11-6-2-4-9(11)13(15)10-5-3-7-12(10)14;9-12-8-6-10-11-5-3-1-2-4-7(8)11/h17H,1-7,16H2;6H,1-5,9H2. The van der Waals surface area contributed by atoms with Gasteiger partial charge in [-0.3, -0.25) is 9.82 Å². The minimum atomic E-state index is 0.0539. The SMILES string of the molecule is C=C(N)Nc1c2c(c(F)c3c1CCC3)CCC2.NSc1cnn2c1CCCCC2. The van der Waals surface area contributed by atoms with Crippen LogP contribution in [0, 0.1) is 5.82 Å². The molecular weight excluding hydrogens is 385 g/mol. The van der Waals surface area contributed by atoms with Crippen molar-refractivity contribution in [1.82, 2.24) is 9.78 Å². The molecule has 2 aliphatic carbocycles. The third-order valence-corrected chi connectivity index (χ3v) is 6.77. The van der Waals surface area contributed by atoms with Crippen LogP contribution in [0.5, 0.6) is 0 Å². The maximum atomic E-state index is 14.3. The van der Waals surface area contributed by atoms with Gasteiger partial charge in [0.1, 0.15) is 5.82 Å². The number of aromatic nitrogens is 2. The summed E-state index contributed by atoms with van der Waals surface area (Å²) >= 11 is 1.32. The summed E-state index contributed by atoms with van der Waals surface area (Å²) in [5, 5.41) is 13.0. The first-order valence-electron chi connectivity index (χ1n) is 10.6. The summed E-state index contributed by atoms with van der Waals surface area (Å²) in [6, 6.07) is 0. The lowest BCUT2D eigenvalue weighted by Crippen LogP contribution is -2.12. The van der Waals surface area contributed by atoms with Gasteiger partial charge in [0.2, 0.25) is 0 Å². The molecule has 0 bridgehead atoms. The highest BCUT2D eigenvalue weighted by atomic mass is 32.2. The van der Waals surface area contributed by atoms with E-state index in [2.05, 4.69) is 21.7 Å². The van der Waals surface area contributed by atoms with E-state index in [0.29, 0.717) is 5.82 Å². The van der Waals surface area contributed by atoms with Crippen molar-refractivity contribution in [3.05, 3.63) is 52.4 Å². The summed E-state index contributed by atoms with van der Waals surface area (Å²) in [4.78, 5) is 1.15. The van der Waals surface area contributed by atoms with Gasteiger partial charge in [0, 0.05) is 12.2 Å². The van der Waals surface area contributed by atoms with Crippen LogP contribution in [0.2, 0.25) is 0 Å². The predicted molar refractivity (Wildman–Crippen MR) is 117 cm³/mol. The summed E-state index contributed by atoms with van der Waals surface area (Å²) in [6.45, 7) is 4.76. The maximum Gasteiger partial charge on any atom is 0.130 e. The number of rotatable bonds is 3. The fourth-order valence-corrected chi connectivity index (χ4v) is 5.32. The van der Waals surface area contributed by atoms with Crippen LogP contribution in [0.4, 0.5) is 10.1 Å². The smallest absolute Gasteiger partial charge is 0.130 e. The molecule has 1 aromatic heterocycles. The average Bonchev–Trinajstić information content (AvgIpc) is 3.43. The van der Waals surface area contributed by atoms with Crippen LogP contribution in [0.3, 0.4) is 0 Å². The predicted octanol–water partition coefficient (Wildman–Crippen LogP) is 4.22. The van der Waals surface area contributed by atoms with Gasteiger partial charge in [0.25, 0.3) is 0 Å². The molecule has 7 heteroatoms. The van der Waals surface area contributed by atoms with E-state index in [-0.39, 0.29) is 5.82 Å². The van der Waals surface area contributed by atoms with Crippen molar-refractivity contribution >= 4 is 17.6 Å². The van der Waals surface area contributed by atoms with Gasteiger partial charge in [-0.05, 0) is 92.0 Å². The number of halogens is 1. The Morgan fingerprint density at radius 2 is 1.66 bits per heavy atom. The van der Waals surface area contributed by atoms with Gasteiger partial charge in [-0.25, -0.2) is 4.39 Å². The minimum Gasteiger partial charge on any atom is -0.386 e. The van der Waals surface area contributed by atoms with E-state index in [9.17, 15) is 4.39 Å². The number of anilines is 1. The summed E-state index contributed by atoms with van der Waals surface area (Å²) in [5.41, 5.74) is 12.1. The zero-order valence-corrected chi connectivity index (χ0v) is 17.7. The van der Waals surface area contributed by atoms with Crippen molar-refractivity contribution in [3.63, 3.8) is 0 Å². The second-order valence-electron chi connectivity index (χ2n) is 8.07. The van der Waals surface area contributed by atoms with E-state index in [0.717, 1.165) is 84.3 Å². The van der Waals surface area contributed by atoms with E-state index < -0.39 is 0 Å². The third-order valence-electron chi connectivity index (χ3n) is 6.18. The van der Waals surface area contributed by atoms with Crippen molar-refractivity contribution in [1.29, 1.82) is 0 Å². The summed E-state index contributed by atoms with van der Waals surface area (Å²) in [7, 11) is 0. The molecule has 0 saturated carbocycles. The fourth-order valence-electron chi connectivity index (χ4n) is 4.87. The first-order valence-corrected chi connectivity index (χ1v) is 11.5. The van der Waals surface area contributed by atoms with Crippen LogP contribution in [-0.4, -0.2) is 9.78 Å². The summed E-state index contributed by atoms with van der Waals surface area (Å²) in [5.74, 6) is 0.498. The molecule has 5 nitrogen and oxygen atoms in total. The van der Waals surface area contributed by atoms with Crippen molar-refractivity contribution in [2.45, 2.75) is 75.6 Å². The molecule has 0 saturated heterocycles. The Hall–Kier alpha value is -1.99. The normalized spacial score (nSPS) is 16.9. The van der Waals surface area contributed by atoms with Crippen molar-refractivity contribution in [2.24, 2.45) is 10.9 Å². The summed E-state index contributed by atoms with van der Waals surface area (Å²) in [6.07, 6.45) is 12.6. The molecular formula is C22H30FN5S. The second-order valence-corrected chi connectivity index (χ2v) is 8.74. The lowest BCUT2D eigenvalue weighted by atomic mass is 9.98. The van der Waals surface area contributed by atoms with Gasteiger partial charge in [-0.1, -0.05) is 13.0 Å². The molecule has 29 heavy (non-hydrogen) atoms. The molecule has 156 valence electrons. The van der Waals surface area contributed by atoms with E-state index >= 15 is 0 Å². The van der Waals surface area contributed by atoms with Gasteiger partial charge in [0.05, 0.1) is 22.6 Å². The van der Waals surface area contributed by atoms with Gasteiger partial charge < -0.3 is 11.1 Å². The molecule has 2 aromatic rings. The van der Waals surface area contributed by atoms with Crippen LogP contribution in [0.1, 0.15) is 60.1 Å². The minimum absolute atomic E-state index is 0.0539. The van der Waals surface area contributed by atoms with E-state index in [1.165, 1.54) is 36.9 Å². The Balaban J connectivity index is 0.000000150. The number of nitrogens with two attached hydrogens (primary N) is 2. The Morgan fingerprint density at radius 1 is 1.00 bits per heavy atom. The highest BCUT2D eigenvalue weighted by molar-refractivity contribution is 7.97. The Bertz CT molecular complexity index is 885. The molecule has 2 heterocycles. The lowest BCUT2D eigenvalue weighted by Gasteiger charge is -2.17. The van der Waals surface area contributed by atoms with Crippen molar-refractivity contribution in [2.75, 3.05) is 5.32 Å². The summed E-state index contributed by atoms with van der Waals surface area (Å²) < 4.78 is 16.4. The van der Waals surface area contributed by atoms with Crippen molar-refractivity contribution in [3.8, 4) is 0 Å². The molecule has 5 N–H and O–H groups in total. The Labute approximate surface area is 176 Å². The van der Waals surface area contributed by atoms with Gasteiger partial charge in [0.15, 0.2) is 0 Å². The molecule has 0 fully saturated rings. The van der Waals surface area contributed by atoms with Crippen LogP contribution in [0.15, 0.2) is 23.5 Å². The zero-order chi connectivity index (χ0) is 20.4. The second kappa shape index (κ2) is 8.79. The topological polar surface area (TPSA) is 81.9 Å².